The van der Waals surface area contributed by atoms with Gasteiger partial charge in [0.25, 0.3) is 0 Å². The summed E-state index contributed by atoms with van der Waals surface area (Å²) in [6.07, 6.45) is 6.00. The monoisotopic (exact) mass is 289 g/mol. The highest BCUT2D eigenvalue weighted by Gasteiger charge is 2.34. The van der Waals surface area contributed by atoms with Crippen LogP contribution in [0.25, 0.3) is 0 Å². The molecule has 1 aromatic rings. The average Bonchev–Trinajstić information content (AvgIpc) is 3.38. The SMILES string of the molecule is CCCOc1ccc(C(O)CN(CC2CC2)C2CC2)cc1. The van der Waals surface area contributed by atoms with Gasteiger partial charge in [-0.05, 0) is 55.7 Å². The fraction of sp³-hybridized carbons (Fsp3) is 0.667. The number of benzene rings is 1. The van der Waals surface area contributed by atoms with Crippen LogP contribution in [0, 0.1) is 5.92 Å². The summed E-state index contributed by atoms with van der Waals surface area (Å²) >= 11 is 0. The van der Waals surface area contributed by atoms with E-state index in [-0.39, 0.29) is 6.10 Å². The third-order valence-electron chi connectivity index (χ3n) is 4.40. The molecule has 3 rings (SSSR count). The molecule has 2 saturated carbocycles. The van der Waals surface area contributed by atoms with E-state index in [1.807, 2.05) is 24.3 Å². The number of nitrogens with zero attached hydrogens (tertiary/aromatic N) is 1. The minimum absolute atomic E-state index is 0.385. The van der Waals surface area contributed by atoms with Gasteiger partial charge < -0.3 is 9.84 Å². The van der Waals surface area contributed by atoms with Crippen LogP contribution in [0.2, 0.25) is 0 Å². The predicted molar refractivity (Wildman–Crippen MR) is 84.5 cm³/mol. The molecular formula is C18H27NO2. The molecule has 1 unspecified atom stereocenters. The summed E-state index contributed by atoms with van der Waals surface area (Å²) in [5, 5.41) is 10.5. The van der Waals surface area contributed by atoms with Crippen molar-refractivity contribution in [3.8, 4) is 5.75 Å². The number of aliphatic hydroxyl groups is 1. The second-order valence-corrected chi connectivity index (χ2v) is 6.56. The predicted octanol–water partition coefficient (Wildman–Crippen LogP) is 3.38. The Balaban J connectivity index is 1.54. The second kappa shape index (κ2) is 6.80. The summed E-state index contributed by atoms with van der Waals surface area (Å²) < 4.78 is 5.59. The van der Waals surface area contributed by atoms with E-state index in [1.165, 1.54) is 32.2 Å². The summed E-state index contributed by atoms with van der Waals surface area (Å²) in [5.74, 6) is 1.78. The van der Waals surface area contributed by atoms with Crippen LogP contribution in [0.1, 0.15) is 50.7 Å². The van der Waals surface area contributed by atoms with Gasteiger partial charge in [-0.25, -0.2) is 0 Å². The van der Waals surface area contributed by atoms with E-state index in [9.17, 15) is 5.11 Å². The molecule has 0 bridgehead atoms. The van der Waals surface area contributed by atoms with Gasteiger partial charge in [0.15, 0.2) is 0 Å². The Morgan fingerprint density at radius 2 is 1.90 bits per heavy atom. The normalized spacial score (nSPS) is 19.8. The first-order valence-electron chi connectivity index (χ1n) is 8.41. The molecule has 116 valence electrons. The maximum Gasteiger partial charge on any atom is 0.119 e. The van der Waals surface area contributed by atoms with Gasteiger partial charge in [0.1, 0.15) is 5.75 Å². The minimum atomic E-state index is -0.385. The maximum atomic E-state index is 10.5. The Hall–Kier alpha value is -1.06. The highest BCUT2D eigenvalue weighted by Crippen LogP contribution is 2.35. The maximum absolute atomic E-state index is 10.5. The molecule has 0 aliphatic heterocycles. The van der Waals surface area contributed by atoms with Crippen molar-refractivity contribution in [1.82, 2.24) is 4.90 Å². The summed E-state index contributed by atoms with van der Waals surface area (Å²) in [6.45, 7) is 4.80. The zero-order valence-corrected chi connectivity index (χ0v) is 13.0. The second-order valence-electron chi connectivity index (χ2n) is 6.56. The zero-order valence-electron chi connectivity index (χ0n) is 13.0. The van der Waals surface area contributed by atoms with Gasteiger partial charge in [0.05, 0.1) is 12.7 Å². The molecule has 2 aliphatic carbocycles. The van der Waals surface area contributed by atoms with Gasteiger partial charge in [-0.1, -0.05) is 19.1 Å². The molecule has 0 saturated heterocycles. The van der Waals surface area contributed by atoms with Gasteiger partial charge in [-0.2, -0.15) is 0 Å². The smallest absolute Gasteiger partial charge is 0.119 e. The first-order chi connectivity index (χ1) is 10.3. The lowest BCUT2D eigenvalue weighted by Crippen LogP contribution is -2.32. The summed E-state index contributed by atoms with van der Waals surface area (Å²) in [6, 6.07) is 8.66. The third-order valence-corrected chi connectivity index (χ3v) is 4.40. The molecule has 0 amide bonds. The zero-order chi connectivity index (χ0) is 14.7. The molecule has 0 aromatic heterocycles. The van der Waals surface area contributed by atoms with Crippen molar-refractivity contribution in [3.63, 3.8) is 0 Å². The van der Waals surface area contributed by atoms with Crippen molar-refractivity contribution in [1.29, 1.82) is 0 Å². The summed E-state index contributed by atoms with van der Waals surface area (Å²) in [7, 11) is 0. The van der Waals surface area contributed by atoms with Crippen LogP contribution in [0.5, 0.6) is 5.75 Å². The van der Waals surface area contributed by atoms with Crippen molar-refractivity contribution in [2.45, 2.75) is 51.2 Å². The van der Waals surface area contributed by atoms with Crippen LogP contribution in [0.15, 0.2) is 24.3 Å². The molecule has 1 aromatic carbocycles. The summed E-state index contributed by atoms with van der Waals surface area (Å²) in [4.78, 5) is 2.50. The van der Waals surface area contributed by atoms with E-state index in [0.717, 1.165) is 42.8 Å². The number of hydrogen-bond acceptors (Lipinski definition) is 3. The molecule has 3 nitrogen and oxygen atoms in total. The van der Waals surface area contributed by atoms with Gasteiger partial charge in [-0.3, -0.25) is 4.90 Å². The topological polar surface area (TPSA) is 32.7 Å². The molecular weight excluding hydrogens is 262 g/mol. The minimum Gasteiger partial charge on any atom is -0.494 e. The van der Waals surface area contributed by atoms with Crippen molar-refractivity contribution in [3.05, 3.63) is 29.8 Å². The molecule has 1 atom stereocenters. The number of aliphatic hydroxyl groups excluding tert-OH is 1. The van der Waals surface area contributed by atoms with Crippen molar-refractivity contribution >= 4 is 0 Å². The van der Waals surface area contributed by atoms with Crippen molar-refractivity contribution in [2.75, 3.05) is 19.7 Å². The van der Waals surface area contributed by atoms with Gasteiger partial charge in [-0.15, -0.1) is 0 Å². The third kappa shape index (κ3) is 4.45. The fourth-order valence-electron chi connectivity index (χ4n) is 2.78. The molecule has 3 heteroatoms. The molecule has 1 N–H and O–H groups in total. The lowest BCUT2D eigenvalue weighted by molar-refractivity contribution is 0.105. The van der Waals surface area contributed by atoms with Crippen LogP contribution in [0.3, 0.4) is 0 Å². The standard InChI is InChI=1S/C18H27NO2/c1-2-11-21-17-9-5-15(6-10-17)18(20)13-19(16-7-8-16)12-14-3-4-14/h5-6,9-10,14,16,18,20H,2-4,7-8,11-13H2,1H3. The number of ether oxygens (including phenoxy) is 1. The van der Waals surface area contributed by atoms with E-state index >= 15 is 0 Å². The molecule has 0 spiro atoms. The van der Waals surface area contributed by atoms with Gasteiger partial charge >= 0.3 is 0 Å². The lowest BCUT2D eigenvalue weighted by Gasteiger charge is -2.25. The average molecular weight is 289 g/mol. The van der Waals surface area contributed by atoms with Crippen LogP contribution in [-0.4, -0.2) is 35.7 Å². The van der Waals surface area contributed by atoms with Crippen molar-refractivity contribution in [2.24, 2.45) is 5.92 Å². The number of hydrogen-bond donors (Lipinski definition) is 1. The molecule has 2 fully saturated rings. The molecule has 0 radical (unpaired) electrons. The van der Waals surface area contributed by atoms with Crippen LogP contribution >= 0.6 is 0 Å². The Morgan fingerprint density at radius 1 is 1.19 bits per heavy atom. The van der Waals surface area contributed by atoms with Crippen LogP contribution in [0.4, 0.5) is 0 Å². The van der Waals surface area contributed by atoms with E-state index in [1.54, 1.807) is 0 Å². The van der Waals surface area contributed by atoms with E-state index in [4.69, 9.17) is 4.74 Å². The Labute approximate surface area is 127 Å². The molecule has 21 heavy (non-hydrogen) atoms. The largest absolute Gasteiger partial charge is 0.494 e. The van der Waals surface area contributed by atoms with E-state index < -0.39 is 0 Å². The molecule has 2 aliphatic rings. The van der Waals surface area contributed by atoms with Crippen LogP contribution in [-0.2, 0) is 0 Å². The Bertz CT molecular complexity index is 437. The quantitative estimate of drug-likeness (QED) is 0.756. The molecule has 0 heterocycles. The van der Waals surface area contributed by atoms with Gasteiger partial charge in [0.2, 0.25) is 0 Å². The first-order valence-corrected chi connectivity index (χ1v) is 8.41. The van der Waals surface area contributed by atoms with Crippen LogP contribution < -0.4 is 4.74 Å². The number of rotatable bonds is 9. The van der Waals surface area contributed by atoms with Crippen molar-refractivity contribution < 1.29 is 9.84 Å². The lowest BCUT2D eigenvalue weighted by atomic mass is 10.1. The highest BCUT2D eigenvalue weighted by molar-refractivity contribution is 5.28. The fourth-order valence-corrected chi connectivity index (χ4v) is 2.78. The van der Waals surface area contributed by atoms with E-state index in [0.29, 0.717) is 0 Å². The Kier molecular flexibility index (Phi) is 4.81. The van der Waals surface area contributed by atoms with Gasteiger partial charge in [0, 0.05) is 19.1 Å². The highest BCUT2D eigenvalue weighted by atomic mass is 16.5. The first kappa shape index (κ1) is 14.9. The Morgan fingerprint density at radius 3 is 2.48 bits per heavy atom. The summed E-state index contributed by atoms with van der Waals surface area (Å²) in [5.41, 5.74) is 1.00. The van der Waals surface area contributed by atoms with E-state index in [2.05, 4.69) is 11.8 Å².